The fraction of sp³-hybridized carbons (Fsp3) is 0.500. The van der Waals surface area contributed by atoms with Crippen molar-refractivity contribution in [3.63, 3.8) is 0 Å². The summed E-state index contributed by atoms with van der Waals surface area (Å²) in [6.45, 7) is 2.59. The van der Waals surface area contributed by atoms with Gasteiger partial charge in [-0.1, -0.05) is 31.0 Å². The molecule has 0 radical (unpaired) electrons. The van der Waals surface area contributed by atoms with Crippen molar-refractivity contribution in [2.45, 2.75) is 26.2 Å². The lowest BCUT2D eigenvalue weighted by Gasteiger charge is -2.14. The molecule has 0 heterocycles. The third-order valence-electron chi connectivity index (χ3n) is 3.10. The van der Waals surface area contributed by atoms with E-state index in [1.54, 1.807) is 6.07 Å². The predicted molar refractivity (Wildman–Crippen MR) is 73.6 cm³/mol. The molecule has 1 amide bonds. The van der Waals surface area contributed by atoms with Gasteiger partial charge in [-0.25, -0.2) is 4.39 Å². The van der Waals surface area contributed by atoms with Gasteiger partial charge in [0.05, 0.1) is 6.42 Å². The molecule has 0 saturated carbocycles. The van der Waals surface area contributed by atoms with Gasteiger partial charge in [0.15, 0.2) is 0 Å². The van der Waals surface area contributed by atoms with Crippen LogP contribution in [-0.4, -0.2) is 24.2 Å². The molecular weight excluding hydrogens is 269 g/mol. The first kappa shape index (κ1) is 15.9. The maximum absolute atomic E-state index is 13.5. The van der Waals surface area contributed by atoms with Crippen LogP contribution in [-0.2, 0) is 11.2 Å². The molecule has 3 nitrogen and oxygen atoms in total. The highest BCUT2D eigenvalue weighted by Crippen LogP contribution is 2.19. The summed E-state index contributed by atoms with van der Waals surface area (Å²) in [5, 5.41) is 11.9. The Morgan fingerprint density at radius 3 is 2.84 bits per heavy atom. The Bertz CT molecular complexity index is 406. The van der Waals surface area contributed by atoms with Crippen LogP contribution < -0.4 is 5.32 Å². The number of hydrogen-bond donors (Lipinski definition) is 2. The fourth-order valence-electron chi connectivity index (χ4n) is 1.82. The van der Waals surface area contributed by atoms with E-state index >= 15 is 0 Å². The Labute approximate surface area is 117 Å². The van der Waals surface area contributed by atoms with Crippen molar-refractivity contribution in [2.75, 3.05) is 13.2 Å². The largest absolute Gasteiger partial charge is 0.396 e. The van der Waals surface area contributed by atoms with E-state index in [0.717, 1.165) is 6.42 Å². The van der Waals surface area contributed by atoms with E-state index in [-0.39, 0.29) is 35.4 Å². The molecule has 0 aliphatic rings. The Balaban J connectivity index is 2.51. The van der Waals surface area contributed by atoms with Crippen LogP contribution in [0.25, 0.3) is 0 Å². The predicted octanol–water partition coefficient (Wildman–Crippen LogP) is 2.55. The van der Waals surface area contributed by atoms with Crippen LogP contribution in [0.3, 0.4) is 0 Å². The Hall–Kier alpha value is -1.13. The van der Waals surface area contributed by atoms with Crippen molar-refractivity contribution in [3.05, 3.63) is 34.6 Å². The standard InChI is InChI=1S/C14H19ClFNO2/c1-2-10(6-7-18)9-17-14(19)8-11-12(15)4-3-5-13(11)16/h3-5,10,18H,2,6-9H2,1H3,(H,17,19). The number of amides is 1. The number of aliphatic hydroxyl groups is 1. The molecule has 1 aromatic rings. The van der Waals surface area contributed by atoms with Crippen molar-refractivity contribution >= 4 is 17.5 Å². The van der Waals surface area contributed by atoms with Crippen LogP contribution in [0.2, 0.25) is 5.02 Å². The number of aliphatic hydroxyl groups excluding tert-OH is 1. The maximum atomic E-state index is 13.5. The van der Waals surface area contributed by atoms with Crippen LogP contribution >= 0.6 is 11.6 Å². The minimum Gasteiger partial charge on any atom is -0.396 e. The summed E-state index contributed by atoms with van der Waals surface area (Å²) in [5.41, 5.74) is 0.219. The van der Waals surface area contributed by atoms with Crippen LogP contribution in [0.4, 0.5) is 4.39 Å². The number of hydrogen-bond acceptors (Lipinski definition) is 2. The first-order valence-corrected chi connectivity index (χ1v) is 6.76. The van der Waals surface area contributed by atoms with Crippen LogP contribution in [0.15, 0.2) is 18.2 Å². The number of benzene rings is 1. The number of rotatable bonds is 7. The van der Waals surface area contributed by atoms with Crippen LogP contribution in [0.5, 0.6) is 0 Å². The zero-order valence-electron chi connectivity index (χ0n) is 11.0. The van der Waals surface area contributed by atoms with E-state index < -0.39 is 5.82 Å². The summed E-state index contributed by atoms with van der Waals surface area (Å²) in [5.74, 6) is -0.488. The molecule has 5 heteroatoms. The third kappa shape index (κ3) is 5.17. The fourth-order valence-corrected chi connectivity index (χ4v) is 2.05. The molecule has 0 spiro atoms. The zero-order valence-corrected chi connectivity index (χ0v) is 11.7. The summed E-state index contributed by atoms with van der Waals surface area (Å²) < 4.78 is 13.5. The summed E-state index contributed by atoms with van der Waals surface area (Å²) >= 11 is 5.86. The SMILES string of the molecule is CCC(CCO)CNC(=O)Cc1c(F)cccc1Cl. The average molecular weight is 288 g/mol. The zero-order chi connectivity index (χ0) is 14.3. The van der Waals surface area contributed by atoms with Gasteiger partial charge in [-0.3, -0.25) is 4.79 Å². The molecule has 2 N–H and O–H groups in total. The summed E-state index contributed by atoms with van der Waals surface area (Å²) in [7, 11) is 0. The molecule has 1 rings (SSSR count). The minimum absolute atomic E-state index is 0.0684. The topological polar surface area (TPSA) is 49.3 Å². The van der Waals surface area contributed by atoms with Gasteiger partial charge >= 0.3 is 0 Å². The summed E-state index contributed by atoms with van der Waals surface area (Å²) in [6, 6.07) is 4.36. The van der Waals surface area contributed by atoms with Crippen LogP contribution in [0, 0.1) is 11.7 Å². The van der Waals surface area contributed by atoms with E-state index in [1.807, 2.05) is 6.92 Å². The van der Waals surface area contributed by atoms with Crippen molar-refractivity contribution in [3.8, 4) is 0 Å². The van der Waals surface area contributed by atoms with Gasteiger partial charge in [0.2, 0.25) is 5.91 Å². The molecule has 106 valence electrons. The van der Waals surface area contributed by atoms with Gasteiger partial charge in [0, 0.05) is 23.7 Å². The molecule has 0 saturated heterocycles. The highest BCUT2D eigenvalue weighted by atomic mass is 35.5. The highest BCUT2D eigenvalue weighted by molar-refractivity contribution is 6.31. The molecule has 0 aliphatic carbocycles. The second-order valence-electron chi connectivity index (χ2n) is 4.47. The van der Waals surface area contributed by atoms with Crippen molar-refractivity contribution in [2.24, 2.45) is 5.92 Å². The van der Waals surface area contributed by atoms with Crippen molar-refractivity contribution in [1.29, 1.82) is 0 Å². The lowest BCUT2D eigenvalue weighted by atomic mass is 10.0. The maximum Gasteiger partial charge on any atom is 0.224 e. The molecule has 0 aromatic heterocycles. The van der Waals surface area contributed by atoms with Gasteiger partial charge < -0.3 is 10.4 Å². The lowest BCUT2D eigenvalue weighted by Crippen LogP contribution is -2.31. The van der Waals surface area contributed by atoms with Gasteiger partial charge in [-0.05, 0) is 24.5 Å². The highest BCUT2D eigenvalue weighted by Gasteiger charge is 2.13. The van der Waals surface area contributed by atoms with Gasteiger partial charge in [0.1, 0.15) is 5.82 Å². The Morgan fingerprint density at radius 2 is 2.26 bits per heavy atom. The second kappa shape index (κ2) is 8.12. The Kier molecular flexibility index (Phi) is 6.81. The molecule has 0 aliphatic heterocycles. The monoisotopic (exact) mass is 287 g/mol. The Morgan fingerprint density at radius 1 is 1.53 bits per heavy atom. The molecule has 0 bridgehead atoms. The normalized spacial score (nSPS) is 12.2. The molecule has 0 fully saturated rings. The first-order valence-electron chi connectivity index (χ1n) is 6.38. The molecule has 1 atom stereocenters. The first-order chi connectivity index (χ1) is 9.08. The van der Waals surface area contributed by atoms with E-state index in [9.17, 15) is 9.18 Å². The van der Waals surface area contributed by atoms with Gasteiger partial charge in [-0.15, -0.1) is 0 Å². The average Bonchev–Trinajstić information content (AvgIpc) is 2.39. The number of carbonyl (C=O) groups excluding carboxylic acids is 1. The summed E-state index contributed by atoms with van der Waals surface area (Å²) in [4.78, 5) is 11.7. The number of carbonyl (C=O) groups is 1. The molecule has 19 heavy (non-hydrogen) atoms. The summed E-state index contributed by atoms with van der Waals surface area (Å²) in [6.07, 6.45) is 1.46. The quantitative estimate of drug-likeness (QED) is 0.810. The second-order valence-corrected chi connectivity index (χ2v) is 4.87. The molecular formula is C14H19ClFNO2. The van der Waals surface area contributed by atoms with E-state index in [0.29, 0.717) is 13.0 Å². The lowest BCUT2D eigenvalue weighted by molar-refractivity contribution is -0.120. The van der Waals surface area contributed by atoms with E-state index in [4.69, 9.17) is 16.7 Å². The van der Waals surface area contributed by atoms with E-state index in [2.05, 4.69) is 5.32 Å². The number of nitrogens with one attached hydrogen (secondary N) is 1. The smallest absolute Gasteiger partial charge is 0.224 e. The third-order valence-corrected chi connectivity index (χ3v) is 3.46. The van der Waals surface area contributed by atoms with E-state index in [1.165, 1.54) is 12.1 Å². The minimum atomic E-state index is -0.468. The molecule has 1 aromatic carbocycles. The van der Waals surface area contributed by atoms with Gasteiger partial charge in [0.25, 0.3) is 0 Å². The van der Waals surface area contributed by atoms with Crippen LogP contribution in [0.1, 0.15) is 25.3 Å². The molecule has 1 unspecified atom stereocenters. The van der Waals surface area contributed by atoms with Crippen molar-refractivity contribution in [1.82, 2.24) is 5.32 Å². The van der Waals surface area contributed by atoms with Crippen molar-refractivity contribution < 1.29 is 14.3 Å². The van der Waals surface area contributed by atoms with Gasteiger partial charge in [-0.2, -0.15) is 0 Å². The number of halogens is 2.